The molecular weight excluding hydrogens is 332 g/mol. The van der Waals surface area contributed by atoms with E-state index in [1.165, 1.54) is 17.5 Å². The van der Waals surface area contributed by atoms with Crippen LogP contribution in [-0.4, -0.2) is 27.4 Å². The molecule has 5 heteroatoms. The van der Waals surface area contributed by atoms with Crippen LogP contribution in [0.2, 0.25) is 0 Å². The highest BCUT2D eigenvalue weighted by Crippen LogP contribution is 2.24. The molecule has 1 aliphatic rings. The Hall–Kier alpha value is -1.69. The molecule has 2 aromatic carbocycles. The second kappa shape index (κ2) is 7.68. The summed E-state index contributed by atoms with van der Waals surface area (Å²) in [5.41, 5.74) is 4.63. The van der Waals surface area contributed by atoms with Gasteiger partial charge in [0.05, 0.1) is 4.90 Å². The van der Waals surface area contributed by atoms with Crippen molar-refractivity contribution in [2.45, 2.75) is 43.7 Å². The van der Waals surface area contributed by atoms with E-state index in [1.54, 1.807) is 6.07 Å². The van der Waals surface area contributed by atoms with E-state index in [0.29, 0.717) is 11.4 Å². The highest BCUT2D eigenvalue weighted by molar-refractivity contribution is 7.89. The number of nitrogens with zero attached hydrogens (tertiary/aromatic N) is 1. The lowest BCUT2D eigenvalue weighted by Crippen LogP contribution is -2.25. The van der Waals surface area contributed by atoms with Crippen LogP contribution in [0.3, 0.4) is 0 Å². The first-order chi connectivity index (χ1) is 12.0. The van der Waals surface area contributed by atoms with Gasteiger partial charge in [-0.2, -0.15) is 0 Å². The minimum Gasteiger partial charge on any atom is -0.305 e. The third kappa shape index (κ3) is 4.48. The van der Waals surface area contributed by atoms with Crippen LogP contribution in [-0.2, 0) is 36.0 Å². The lowest BCUT2D eigenvalue weighted by molar-refractivity contribution is 0.400. The quantitative estimate of drug-likeness (QED) is 0.863. The Labute approximate surface area is 150 Å². The first kappa shape index (κ1) is 18.1. The van der Waals surface area contributed by atoms with E-state index in [0.717, 1.165) is 36.9 Å². The molecule has 0 spiro atoms. The molecule has 0 aromatic heterocycles. The standard InChI is InChI=1S/C20H26N2O2S/c1-22(2)15-19-10-6-5-9-18(19)14-21-25(23,24)20-12-11-16-7-3-4-8-17(16)13-20/h5-6,9-13,21H,3-4,7-8,14-15H2,1-2H3. The van der Waals surface area contributed by atoms with Crippen LogP contribution in [0.4, 0.5) is 0 Å². The molecule has 0 fully saturated rings. The minimum absolute atomic E-state index is 0.309. The maximum Gasteiger partial charge on any atom is 0.240 e. The zero-order valence-corrected chi connectivity index (χ0v) is 15.8. The molecule has 25 heavy (non-hydrogen) atoms. The van der Waals surface area contributed by atoms with Crippen molar-refractivity contribution >= 4 is 10.0 Å². The van der Waals surface area contributed by atoms with Crippen LogP contribution in [0.1, 0.15) is 35.1 Å². The van der Waals surface area contributed by atoms with E-state index in [1.807, 2.05) is 50.5 Å². The molecule has 1 aliphatic carbocycles. The summed E-state index contributed by atoms with van der Waals surface area (Å²) in [5, 5.41) is 0. The van der Waals surface area contributed by atoms with Gasteiger partial charge in [0.1, 0.15) is 0 Å². The minimum atomic E-state index is -3.50. The van der Waals surface area contributed by atoms with Gasteiger partial charge in [-0.25, -0.2) is 13.1 Å². The van der Waals surface area contributed by atoms with Crippen molar-refractivity contribution in [3.63, 3.8) is 0 Å². The van der Waals surface area contributed by atoms with E-state index < -0.39 is 10.0 Å². The number of aryl methyl sites for hydroxylation is 2. The average molecular weight is 359 g/mol. The van der Waals surface area contributed by atoms with Crippen LogP contribution in [0, 0.1) is 0 Å². The number of hydrogen-bond donors (Lipinski definition) is 1. The molecule has 134 valence electrons. The van der Waals surface area contributed by atoms with Crippen molar-refractivity contribution in [1.82, 2.24) is 9.62 Å². The predicted molar refractivity (Wildman–Crippen MR) is 101 cm³/mol. The van der Waals surface area contributed by atoms with Crippen molar-refractivity contribution in [3.8, 4) is 0 Å². The molecule has 3 rings (SSSR count). The molecule has 0 heterocycles. The van der Waals surface area contributed by atoms with Gasteiger partial charge in [-0.15, -0.1) is 0 Å². The Morgan fingerprint density at radius 3 is 2.36 bits per heavy atom. The Bertz CT molecular complexity index is 845. The number of benzene rings is 2. The second-order valence-corrected chi connectivity index (χ2v) is 8.74. The third-order valence-corrected chi connectivity index (χ3v) is 6.09. The third-order valence-electron chi connectivity index (χ3n) is 4.69. The van der Waals surface area contributed by atoms with Gasteiger partial charge in [0.15, 0.2) is 0 Å². The molecule has 1 N–H and O–H groups in total. The molecular formula is C20H26N2O2S. The van der Waals surface area contributed by atoms with Gasteiger partial charge >= 0.3 is 0 Å². The van der Waals surface area contributed by atoms with E-state index in [9.17, 15) is 8.42 Å². The molecule has 0 unspecified atom stereocenters. The summed E-state index contributed by atoms with van der Waals surface area (Å²) < 4.78 is 28.2. The molecule has 4 nitrogen and oxygen atoms in total. The van der Waals surface area contributed by atoms with Crippen molar-refractivity contribution in [2.75, 3.05) is 14.1 Å². The lowest BCUT2D eigenvalue weighted by atomic mass is 9.92. The predicted octanol–water partition coefficient (Wildman–Crippen LogP) is 3.11. The van der Waals surface area contributed by atoms with Crippen LogP contribution in [0.5, 0.6) is 0 Å². The Kier molecular flexibility index (Phi) is 5.57. The van der Waals surface area contributed by atoms with Gasteiger partial charge < -0.3 is 4.90 Å². The SMILES string of the molecule is CN(C)Cc1ccccc1CNS(=O)(=O)c1ccc2c(c1)CCCC2. The summed E-state index contributed by atoms with van der Waals surface area (Å²) in [5.74, 6) is 0. The van der Waals surface area contributed by atoms with Gasteiger partial charge in [-0.3, -0.25) is 0 Å². The number of sulfonamides is 1. The molecule has 0 aliphatic heterocycles. The van der Waals surface area contributed by atoms with Crippen LogP contribution >= 0.6 is 0 Å². The van der Waals surface area contributed by atoms with E-state index in [2.05, 4.69) is 9.62 Å². The summed E-state index contributed by atoms with van der Waals surface area (Å²) >= 11 is 0. The largest absolute Gasteiger partial charge is 0.305 e. The highest BCUT2D eigenvalue weighted by atomic mass is 32.2. The zero-order valence-electron chi connectivity index (χ0n) is 15.0. The van der Waals surface area contributed by atoms with Crippen molar-refractivity contribution in [3.05, 3.63) is 64.7 Å². The summed E-state index contributed by atoms with van der Waals surface area (Å²) in [7, 11) is 0.515. The first-order valence-corrected chi connectivity index (χ1v) is 10.3. The molecule has 0 bridgehead atoms. The monoisotopic (exact) mass is 358 g/mol. The first-order valence-electron chi connectivity index (χ1n) is 8.79. The van der Waals surface area contributed by atoms with Crippen LogP contribution < -0.4 is 4.72 Å². The molecule has 2 aromatic rings. The normalized spacial score (nSPS) is 14.5. The Balaban J connectivity index is 1.77. The second-order valence-electron chi connectivity index (χ2n) is 6.97. The van der Waals surface area contributed by atoms with Gasteiger partial charge in [0, 0.05) is 13.1 Å². The average Bonchev–Trinajstić information content (AvgIpc) is 2.60. The maximum absolute atomic E-state index is 12.7. The number of rotatable bonds is 6. The number of hydrogen-bond acceptors (Lipinski definition) is 3. The molecule has 0 saturated carbocycles. The fourth-order valence-electron chi connectivity index (χ4n) is 3.36. The van der Waals surface area contributed by atoms with E-state index in [4.69, 9.17) is 0 Å². The van der Waals surface area contributed by atoms with Crippen molar-refractivity contribution < 1.29 is 8.42 Å². The molecule has 0 atom stereocenters. The summed E-state index contributed by atoms with van der Waals surface area (Å²) in [6.07, 6.45) is 4.37. The van der Waals surface area contributed by atoms with E-state index in [-0.39, 0.29) is 0 Å². The van der Waals surface area contributed by atoms with Gasteiger partial charge in [-0.1, -0.05) is 30.3 Å². The summed E-state index contributed by atoms with van der Waals surface area (Å²) in [6, 6.07) is 13.5. The smallest absolute Gasteiger partial charge is 0.240 e. The summed E-state index contributed by atoms with van der Waals surface area (Å²) in [4.78, 5) is 2.45. The summed E-state index contributed by atoms with van der Waals surface area (Å²) in [6.45, 7) is 1.10. The van der Waals surface area contributed by atoms with Crippen LogP contribution in [0.25, 0.3) is 0 Å². The van der Waals surface area contributed by atoms with Gasteiger partial charge in [-0.05, 0) is 74.2 Å². The van der Waals surface area contributed by atoms with Crippen molar-refractivity contribution in [2.24, 2.45) is 0 Å². The Morgan fingerprint density at radius 2 is 1.64 bits per heavy atom. The van der Waals surface area contributed by atoms with E-state index >= 15 is 0 Å². The van der Waals surface area contributed by atoms with Crippen LogP contribution in [0.15, 0.2) is 47.4 Å². The number of fused-ring (bicyclic) bond motifs is 1. The van der Waals surface area contributed by atoms with Gasteiger partial charge in [0.2, 0.25) is 10.0 Å². The van der Waals surface area contributed by atoms with Gasteiger partial charge in [0.25, 0.3) is 0 Å². The molecule has 0 radical (unpaired) electrons. The topological polar surface area (TPSA) is 49.4 Å². The Morgan fingerprint density at radius 1 is 0.960 bits per heavy atom. The molecule has 0 saturated heterocycles. The molecule has 0 amide bonds. The number of nitrogens with one attached hydrogen (secondary N) is 1. The maximum atomic E-state index is 12.7. The fraction of sp³-hybridized carbons (Fsp3) is 0.400. The zero-order chi connectivity index (χ0) is 17.9. The highest BCUT2D eigenvalue weighted by Gasteiger charge is 2.18. The lowest BCUT2D eigenvalue weighted by Gasteiger charge is -2.17. The van der Waals surface area contributed by atoms with Crippen molar-refractivity contribution in [1.29, 1.82) is 0 Å². The fourth-order valence-corrected chi connectivity index (χ4v) is 4.41.